The molecular formula is C15H28N2O3. The van der Waals surface area contributed by atoms with Crippen molar-refractivity contribution in [2.45, 2.75) is 70.8 Å². The summed E-state index contributed by atoms with van der Waals surface area (Å²) < 4.78 is 0. The van der Waals surface area contributed by atoms with Crippen molar-refractivity contribution < 1.29 is 14.7 Å². The van der Waals surface area contributed by atoms with Crippen LogP contribution in [0.3, 0.4) is 0 Å². The minimum atomic E-state index is -1.04. The van der Waals surface area contributed by atoms with Crippen LogP contribution < -0.4 is 5.32 Å². The van der Waals surface area contributed by atoms with Gasteiger partial charge in [0.2, 0.25) is 0 Å². The molecule has 5 heteroatoms. The number of carboxylic acid groups (broad SMARTS) is 1. The van der Waals surface area contributed by atoms with Gasteiger partial charge < -0.3 is 15.3 Å². The van der Waals surface area contributed by atoms with Crippen molar-refractivity contribution >= 4 is 12.0 Å². The Hall–Kier alpha value is -1.26. The molecule has 0 aliphatic carbocycles. The summed E-state index contributed by atoms with van der Waals surface area (Å²) in [5.74, 6) is -0.912. The number of urea groups is 1. The molecule has 1 saturated heterocycles. The number of carbonyl (C=O) groups is 2. The van der Waals surface area contributed by atoms with Crippen LogP contribution in [0.2, 0.25) is 0 Å². The van der Waals surface area contributed by atoms with Gasteiger partial charge in [0.25, 0.3) is 0 Å². The van der Waals surface area contributed by atoms with Gasteiger partial charge in [0.15, 0.2) is 0 Å². The average Bonchev–Trinajstić information content (AvgIpc) is 2.81. The van der Waals surface area contributed by atoms with Crippen molar-refractivity contribution in [2.24, 2.45) is 0 Å². The van der Waals surface area contributed by atoms with E-state index < -0.39 is 11.5 Å². The van der Waals surface area contributed by atoms with E-state index in [0.29, 0.717) is 19.5 Å². The van der Waals surface area contributed by atoms with E-state index in [1.165, 1.54) is 30.6 Å². The largest absolute Gasteiger partial charge is 0.480 e. The first-order chi connectivity index (χ1) is 9.52. The first-order valence-electron chi connectivity index (χ1n) is 7.81. The van der Waals surface area contributed by atoms with Crippen molar-refractivity contribution in [1.82, 2.24) is 10.2 Å². The van der Waals surface area contributed by atoms with Gasteiger partial charge in [-0.2, -0.15) is 0 Å². The van der Waals surface area contributed by atoms with Crippen molar-refractivity contribution in [3.63, 3.8) is 0 Å². The van der Waals surface area contributed by atoms with Crippen LogP contribution in [0.5, 0.6) is 0 Å². The van der Waals surface area contributed by atoms with Gasteiger partial charge in [-0.05, 0) is 26.2 Å². The number of nitrogens with one attached hydrogen (secondary N) is 1. The number of likely N-dealkylation sites (tertiary alicyclic amines) is 1. The number of amides is 2. The Labute approximate surface area is 121 Å². The first kappa shape index (κ1) is 16.8. The van der Waals surface area contributed by atoms with Crippen molar-refractivity contribution in [2.75, 3.05) is 13.1 Å². The third-order valence-electron chi connectivity index (χ3n) is 4.15. The molecule has 1 atom stereocenters. The van der Waals surface area contributed by atoms with Crippen LogP contribution in [-0.4, -0.2) is 40.6 Å². The highest BCUT2D eigenvalue weighted by atomic mass is 16.4. The van der Waals surface area contributed by atoms with Crippen LogP contribution in [0.4, 0.5) is 4.79 Å². The highest BCUT2D eigenvalue weighted by Gasteiger charge is 2.45. The van der Waals surface area contributed by atoms with E-state index in [1.54, 1.807) is 6.92 Å². The fraction of sp³-hybridized carbons (Fsp3) is 0.867. The third kappa shape index (κ3) is 4.39. The monoisotopic (exact) mass is 284 g/mol. The molecule has 0 bridgehead atoms. The molecule has 2 amide bonds. The lowest BCUT2D eigenvalue weighted by molar-refractivity contribution is -0.147. The first-order valence-corrected chi connectivity index (χ1v) is 7.81. The molecule has 1 fully saturated rings. The molecule has 116 valence electrons. The summed E-state index contributed by atoms with van der Waals surface area (Å²) >= 11 is 0. The smallest absolute Gasteiger partial charge is 0.329 e. The quantitative estimate of drug-likeness (QED) is 0.673. The topological polar surface area (TPSA) is 69.6 Å². The molecule has 0 aromatic heterocycles. The lowest BCUT2D eigenvalue weighted by atomic mass is 10.00. The lowest BCUT2D eigenvalue weighted by Crippen LogP contribution is -2.54. The summed E-state index contributed by atoms with van der Waals surface area (Å²) in [5.41, 5.74) is -1.04. The second-order valence-corrected chi connectivity index (χ2v) is 5.83. The summed E-state index contributed by atoms with van der Waals surface area (Å²) in [5, 5.41) is 12.1. The second kappa shape index (κ2) is 8.12. The molecule has 1 rings (SSSR count). The Morgan fingerprint density at radius 3 is 2.50 bits per heavy atom. The molecule has 5 nitrogen and oxygen atoms in total. The molecule has 20 heavy (non-hydrogen) atoms. The Kier molecular flexibility index (Phi) is 6.82. The molecule has 0 aromatic carbocycles. The molecular weight excluding hydrogens is 256 g/mol. The number of rotatable bonds is 8. The van der Waals surface area contributed by atoms with Crippen molar-refractivity contribution in [3.8, 4) is 0 Å². The average molecular weight is 284 g/mol. The van der Waals surface area contributed by atoms with Crippen LogP contribution in [-0.2, 0) is 4.79 Å². The second-order valence-electron chi connectivity index (χ2n) is 5.83. The molecule has 0 aromatic rings. The van der Waals surface area contributed by atoms with E-state index in [1.807, 2.05) is 0 Å². The molecule has 0 radical (unpaired) electrons. The summed E-state index contributed by atoms with van der Waals surface area (Å²) in [6, 6.07) is -0.235. The maximum atomic E-state index is 12.1. The maximum Gasteiger partial charge on any atom is 0.329 e. The molecule has 2 N–H and O–H groups in total. The Morgan fingerprint density at radius 1 is 1.20 bits per heavy atom. The zero-order valence-electron chi connectivity index (χ0n) is 12.8. The minimum Gasteiger partial charge on any atom is -0.480 e. The number of carbonyl (C=O) groups excluding carboxylic acids is 1. The molecule has 1 unspecified atom stereocenters. The fourth-order valence-corrected chi connectivity index (χ4v) is 2.71. The summed E-state index contributed by atoms with van der Waals surface area (Å²) in [4.78, 5) is 24.8. The van der Waals surface area contributed by atoms with E-state index in [2.05, 4.69) is 12.2 Å². The van der Waals surface area contributed by atoms with Gasteiger partial charge in [0.05, 0.1) is 0 Å². The number of aliphatic carboxylic acids is 1. The van der Waals surface area contributed by atoms with Crippen molar-refractivity contribution in [3.05, 3.63) is 0 Å². The Bertz CT molecular complexity index is 333. The van der Waals surface area contributed by atoms with E-state index in [0.717, 1.165) is 19.3 Å². The van der Waals surface area contributed by atoms with Crippen LogP contribution >= 0.6 is 0 Å². The molecule has 1 aliphatic rings. The predicted octanol–water partition coefficient (Wildman–Crippen LogP) is 3.00. The highest BCUT2D eigenvalue weighted by molar-refractivity contribution is 5.86. The van der Waals surface area contributed by atoms with Crippen LogP contribution in [0.25, 0.3) is 0 Å². The van der Waals surface area contributed by atoms with Gasteiger partial charge in [0.1, 0.15) is 5.54 Å². The van der Waals surface area contributed by atoms with E-state index in [-0.39, 0.29) is 6.03 Å². The van der Waals surface area contributed by atoms with E-state index in [9.17, 15) is 14.7 Å². The van der Waals surface area contributed by atoms with Crippen LogP contribution in [0.15, 0.2) is 0 Å². The normalized spacial score (nSPS) is 22.0. The summed E-state index contributed by atoms with van der Waals surface area (Å²) in [7, 11) is 0. The van der Waals surface area contributed by atoms with Gasteiger partial charge >= 0.3 is 12.0 Å². The molecule has 1 aliphatic heterocycles. The van der Waals surface area contributed by atoms with Crippen molar-refractivity contribution in [1.29, 1.82) is 0 Å². The third-order valence-corrected chi connectivity index (χ3v) is 4.15. The van der Waals surface area contributed by atoms with Crippen LogP contribution in [0.1, 0.15) is 65.2 Å². The van der Waals surface area contributed by atoms with Gasteiger partial charge in [-0.25, -0.2) is 9.59 Å². The number of hydrogen-bond donors (Lipinski definition) is 2. The summed E-state index contributed by atoms with van der Waals surface area (Å²) in [6.07, 6.45) is 8.36. The Morgan fingerprint density at radius 2 is 1.85 bits per heavy atom. The van der Waals surface area contributed by atoms with Gasteiger partial charge in [0, 0.05) is 13.1 Å². The van der Waals surface area contributed by atoms with Gasteiger partial charge in [-0.15, -0.1) is 0 Å². The fourth-order valence-electron chi connectivity index (χ4n) is 2.71. The number of hydrogen-bond acceptors (Lipinski definition) is 2. The van der Waals surface area contributed by atoms with E-state index >= 15 is 0 Å². The highest BCUT2D eigenvalue weighted by Crippen LogP contribution is 2.29. The maximum absolute atomic E-state index is 12.1. The zero-order chi connectivity index (χ0) is 15.0. The van der Waals surface area contributed by atoms with Gasteiger partial charge in [-0.3, -0.25) is 0 Å². The standard InChI is InChI=1S/C15H28N2O3/c1-3-4-5-6-7-8-11-16-14(20)17-12-9-10-15(17,2)13(18)19/h3-12H2,1-2H3,(H,16,20)(H,18,19). The SMILES string of the molecule is CCCCCCCCNC(=O)N1CCCC1(C)C(=O)O. The number of carboxylic acids is 1. The Balaban J connectivity index is 2.24. The molecule has 0 saturated carbocycles. The zero-order valence-corrected chi connectivity index (χ0v) is 12.8. The van der Waals surface area contributed by atoms with Crippen LogP contribution in [0, 0.1) is 0 Å². The van der Waals surface area contributed by atoms with E-state index in [4.69, 9.17) is 0 Å². The minimum absolute atomic E-state index is 0.235. The number of unbranched alkanes of at least 4 members (excludes halogenated alkanes) is 5. The molecule has 0 spiro atoms. The number of nitrogens with zero attached hydrogens (tertiary/aromatic N) is 1. The van der Waals surface area contributed by atoms with Gasteiger partial charge in [-0.1, -0.05) is 39.0 Å². The lowest BCUT2D eigenvalue weighted by Gasteiger charge is -2.31. The summed E-state index contributed by atoms with van der Waals surface area (Å²) in [6.45, 7) is 4.99. The predicted molar refractivity (Wildman–Crippen MR) is 78.8 cm³/mol. The molecule has 1 heterocycles.